The molecular formula is C26H27N7O3. The summed E-state index contributed by atoms with van der Waals surface area (Å²) >= 11 is 0. The van der Waals surface area contributed by atoms with Crippen molar-refractivity contribution in [1.29, 1.82) is 0 Å². The summed E-state index contributed by atoms with van der Waals surface area (Å²) in [6, 6.07) is 13.8. The Hall–Kier alpha value is -4.60. The molecule has 0 radical (unpaired) electrons. The number of hydrogen-bond donors (Lipinski definition) is 2. The van der Waals surface area contributed by atoms with Crippen molar-refractivity contribution in [2.45, 2.75) is 19.9 Å². The van der Waals surface area contributed by atoms with E-state index in [1.54, 1.807) is 33.9 Å². The van der Waals surface area contributed by atoms with Gasteiger partial charge in [0.05, 0.1) is 27.7 Å². The lowest BCUT2D eigenvalue weighted by molar-refractivity contribution is 0.324. The summed E-state index contributed by atoms with van der Waals surface area (Å²) in [5.41, 5.74) is 2.02. The molecule has 3 aromatic heterocycles. The summed E-state index contributed by atoms with van der Waals surface area (Å²) in [4.78, 5) is 18.7. The molecule has 2 aromatic carbocycles. The molecule has 5 rings (SSSR count). The molecule has 0 aliphatic carbocycles. The van der Waals surface area contributed by atoms with E-state index in [0.717, 1.165) is 10.8 Å². The number of imidazole rings is 1. The van der Waals surface area contributed by atoms with E-state index in [4.69, 9.17) is 24.2 Å². The maximum Gasteiger partial charge on any atom is 0.232 e. The normalized spacial score (nSPS) is 11.2. The topological polar surface area (TPSA) is 108 Å². The zero-order valence-corrected chi connectivity index (χ0v) is 20.7. The lowest BCUT2D eigenvalue weighted by Crippen LogP contribution is -2.06. The van der Waals surface area contributed by atoms with Gasteiger partial charge >= 0.3 is 0 Å². The standard InChI is InChI=1S/C26H27N7O3/c1-15(2)33-14-28-21-24(29-17-12-19(34-3)22(36-5)20(13-17)35-4)31-26(32-25(21)33)30-23-18-9-7-6-8-16(18)10-11-27-23/h6-15H,1-5H3,(H2,27,29,30,31,32). The van der Waals surface area contributed by atoms with Gasteiger partial charge in [0.2, 0.25) is 11.7 Å². The van der Waals surface area contributed by atoms with E-state index in [1.807, 2.05) is 47.0 Å². The molecule has 36 heavy (non-hydrogen) atoms. The molecule has 0 amide bonds. The van der Waals surface area contributed by atoms with Gasteiger partial charge in [-0.05, 0) is 25.3 Å². The summed E-state index contributed by atoms with van der Waals surface area (Å²) in [6.45, 7) is 4.16. The average molecular weight is 486 g/mol. The van der Waals surface area contributed by atoms with Crippen molar-refractivity contribution in [3.05, 3.63) is 55.0 Å². The Morgan fingerprint density at radius 1 is 0.833 bits per heavy atom. The molecule has 0 atom stereocenters. The smallest absolute Gasteiger partial charge is 0.232 e. The number of anilines is 4. The Morgan fingerprint density at radius 3 is 2.28 bits per heavy atom. The zero-order chi connectivity index (χ0) is 25.2. The largest absolute Gasteiger partial charge is 0.493 e. The van der Waals surface area contributed by atoms with Crippen LogP contribution in [-0.2, 0) is 0 Å². The summed E-state index contributed by atoms with van der Waals surface area (Å²) in [7, 11) is 4.72. The van der Waals surface area contributed by atoms with Crippen LogP contribution in [0.5, 0.6) is 17.2 Å². The van der Waals surface area contributed by atoms with E-state index in [9.17, 15) is 0 Å². The highest BCUT2D eigenvalue weighted by molar-refractivity contribution is 5.93. The van der Waals surface area contributed by atoms with Crippen molar-refractivity contribution >= 4 is 45.2 Å². The fraction of sp³-hybridized carbons (Fsp3) is 0.231. The van der Waals surface area contributed by atoms with Crippen molar-refractivity contribution in [1.82, 2.24) is 24.5 Å². The van der Waals surface area contributed by atoms with E-state index < -0.39 is 0 Å². The number of rotatable bonds is 8. The van der Waals surface area contributed by atoms with Crippen LogP contribution in [0.1, 0.15) is 19.9 Å². The Balaban J connectivity index is 1.62. The monoisotopic (exact) mass is 485 g/mol. The minimum absolute atomic E-state index is 0.155. The molecule has 0 saturated carbocycles. The van der Waals surface area contributed by atoms with Gasteiger partial charge in [-0.2, -0.15) is 9.97 Å². The van der Waals surface area contributed by atoms with Gasteiger partial charge < -0.3 is 29.4 Å². The highest BCUT2D eigenvalue weighted by Gasteiger charge is 2.18. The molecular weight excluding hydrogens is 458 g/mol. The van der Waals surface area contributed by atoms with Crippen LogP contribution in [0.2, 0.25) is 0 Å². The summed E-state index contributed by atoms with van der Waals surface area (Å²) in [5.74, 6) is 3.14. The fourth-order valence-electron chi connectivity index (χ4n) is 4.05. The number of nitrogens with zero attached hydrogens (tertiary/aromatic N) is 5. The Bertz CT molecular complexity index is 1520. The Labute approximate surface area is 208 Å². The van der Waals surface area contributed by atoms with E-state index in [1.165, 1.54) is 0 Å². The number of benzene rings is 2. The van der Waals surface area contributed by atoms with Crippen molar-refractivity contribution < 1.29 is 14.2 Å². The third-order valence-electron chi connectivity index (χ3n) is 5.81. The predicted molar refractivity (Wildman–Crippen MR) is 140 cm³/mol. The highest BCUT2D eigenvalue weighted by Crippen LogP contribution is 2.41. The van der Waals surface area contributed by atoms with Gasteiger partial charge in [0.25, 0.3) is 0 Å². The maximum atomic E-state index is 5.51. The predicted octanol–water partition coefficient (Wildman–Crippen LogP) is 5.47. The summed E-state index contributed by atoms with van der Waals surface area (Å²) < 4.78 is 18.5. The van der Waals surface area contributed by atoms with Gasteiger partial charge in [0.15, 0.2) is 28.5 Å². The molecule has 0 unspecified atom stereocenters. The highest BCUT2D eigenvalue weighted by atomic mass is 16.5. The van der Waals surface area contributed by atoms with Crippen LogP contribution in [-0.4, -0.2) is 45.8 Å². The second-order valence-corrected chi connectivity index (χ2v) is 8.36. The molecule has 0 fully saturated rings. The zero-order valence-electron chi connectivity index (χ0n) is 20.7. The number of methoxy groups -OCH3 is 3. The SMILES string of the molecule is COc1cc(Nc2nc(Nc3nccc4ccccc34)nc3c2ncn3C(C)C)cc(OC)c1OC. The van der Waals surface area contributed by atoms with Gasteiger partial charge in [-0.25, -0.2) is 9.97 Å². The number of pyridine rings is 1. The molecule has 3 heterocycles. The number of ether oxygens (including phenoxy) is 3. The van der Waals surface area contributed by atoms with Crippen molar-refractivity contribution in [3.8, 4) is 17.2 Å². The number of fused-ring (bicyclic) bond motifs is 2. The van der Waals surface area contributed by atoms with Crippen LogP contribution in [0.25, 0.3) is 21.9 Å². The van der Waals surface area contributed by atoms with Crippen LogP contribution in [0.4, 0.5) is 23.3 Å². The molecule has 0 spiro atoms. The van der Waals surface area contributed by atoms with Crippen LogP contribution in [0.15, 0.2) is 55.0 Å². The van der Waals surface area contributed by atoms with Crippen molar-refractivity contribution in [3.63, 3.8) is 0 Å². The minimum atomic E-state index is 0.155. The molecule has 0 saturated heterocycles. The number of aromatic nitrogens is 5. The Morgan fingerprint density at radius 2 is 1.58 bits per heavy atom. The van der Waals surface area contributed by atoms with E-state index in [2.05, 4.69) is 34.4 Å². The molecule has 10 heteroatoms. The molecule has 184 valence electrons. The quantitative estimate of drug-likeness (QED) is 0.296. The fourth-order valence-corrected chi connectivity index (χ4v) is 4.05. The van der Waals surface area contributed by atoms with Gasteiger partial charge in [0.1, 0.15) is 5.82 Å². The van der Waals surface area contributed by atoms with Crippen LogP contribution in [0, 0.1) is 0 Å². The van der Waals surface area contributed by atoms with Crippen LogP contribution in [0.3, 0.4) is 0 Å². The molecule has 0 aliphatic rings. The average Bonchev–Trinajstić information content (AvgIpc) is 3.33. The van der Waals surface area contributed by atoms with Gasteiger partial charge in [-0.1, -0.05) is 24.3 Å². The van der Waals surface area contributed by atoms with E-state index in [-0.39, 0.29) is 6.04 Å². The van der Waals surface area contributed by atoms with Gasteiger partial charge in [0, 0.05) is 35.4 Å². The molecule has 10 nitrogen and oxygen atoms in total. The second kappa shape index (κ2) is 9.57. The van der Waals surface area contributed by atoms with E-state index >= 15 is 0 Å². The maximum absolute atomic E-state index is 5.51. The first-order valence-electron chi connectivity index (χ1n) is 11.4. The minimum Gasteiger partial charge on any atom is -0.493 e. The lowest BCUT2D eigenvalue weighted by atomic mass is 10.1. The lowest BCUT2D eigenvalue weighted by Gasteiger charge is -2.16. The Kier molecular flexibility index (Phi) is 6.16. The summed E-state index contributed by atoms with van der Waals surface area (Å²) in [6.07, 6.45) is 3.53. The van der Waals surface area contributed by atoms with E-state index in [0.29, 0.717) is 51.7 Å². The molecule has 0 bridgehead atoms. The molecule has 5 aromatic rings. The van der Waals surface area contributed by atoms with Gasteiger partial charge in [-0.15, -0.1) is 0 Å². The second-order valence-electron chi connectivity index (χ2n) is 8.36. The first-order valence-corrected chi connectivity index (χ1v) is 11.4. The third-order valence-corrected chi connectivity index (χ3v) is 5.81. The number of hydrogen-bond acceptors (Lipinski definition) is 9. The van der Waals surface area contributed by atoms with Crippen LogP contribution >= 0.6 is 0 Å². The van der Waals surface area contributed by atoms with Crippen molar-refractivity contribution in [2.24, 2.45) is 0 Å². The van der Waals surface area contributed by atoms with Crippen molar-refractivity contribution in [2.75, 3.05) is 32.0 Å². The first-order chi connectivity index (χ1) is 17.5. The molecule has 2 N–H and O–H groups in total. The first kappa shape index (κ1) is 23.2. The third kappa shape index (κ3) is 4.17. The summed E-state index contributed by atoms with van der Waals surface area (Å²) in [5, 5.41) is 8.70. The molecule has 0 aliphatic heterocycles. The van der Waals surface area contributed by atoms with Gasteiger partial charge in [-0.3, -0.25) is 0 Å². The van der Waals surface area contributed by atoms with Crippen LogP contribution < -0.4 is 24.8 Å². The number of nitrogens with one attached hydrogen (secondary N) is 2.